The molecule has 1 N–H and O–H groups in total. The monoisotopic (exact) mass is 262 g/mol. The third-order valence-electron chi connectivity index (χ3n) is 3.89. The van der Waals surface area contributed by atoms with E-state index in [1.54, 1.807) is 6.20 Å². The summed E-state index contributed by atoms with van der Waals surface area (Å²) in [6, 6.07) is 1.78. The maximum absolute atomic E-state index is 12.6. The first-order valence-electron chi connectivity index (χ1n) is 6.78. The third kappa shape index (κ3) is 3.10. The number of hydrogen-bond acceptors (Lipinski definition) is 4. The van der Waals surface area contributed by atoms with E-state index in [0.717, 1.165) is 25.0 Å². The highest BCUT2D eigenvalue weighted by atomic mass is 16.2. The zero-order valence-electron chi connectivity index (χ0n) is 11.9. The molecule has 0 radical (unpaired) electrons. The van der Waals surface area contributed by atoms with Gasteiger partial charge in [0.25, 0.3) is 0 Å². The zero-order valence-corrected chi connectivity index (χ0v) is 11.9. The Morgan fingerprint density at radius 3 is 2.95 bits per heavy atom. The molecule has 2 heterocycles. The molecule has 5 nitrogen and oxygen atoms in total. The van der Waals surface area contributed by atoms with E-state index in [9.17, 15) is 4.79 Å². The smallest absolute Gasteiger partial charge is 0.240 e. The van der Waals surface area contributed by atoms with Gasteiger partial charge < -0.3 is 10.2 Å². The molecular weight excluding hydrogens is 240 g/mol. The van der Waals surface area contributed by atoms with Crippen molar-refractivity contribution in [2.24, 2.45) is 0 Å². The minimum atomic E-state index is -0.131. The molecule has 1 aromatic heterocycles. The zero-order chi connectivity index (χ0) is 13.9. The Morgan fingerprint density at radius 2 is 2.32 bits per heavy atom. The second kappa shape index (κ2) is 5.65. The van der Waals surface area contributed by atoms with Gasteiger partial charge >= 0.3 is 0 Å². The van der Waals surface area contributed by atoms with Crippen LogP contribution in [0.15, 0.2) is 18.6 Å². The van der Waals surface area contributed by atoms with Gasteiger partial charge in [-0.2, -0.15) is 0 Å². The van der Waals surface area contributed by atoms with E-state index in [1.807, 2.05) is 18.0 Å². The molecule has 1 atom stereocenters. The van der Waals surface area contributed by atoms with Crippen LogP contribution in [-0.2, 0) is 11.3 Å². The molecule has 0 saturated carbocycles. The summed E-state index contributed by atoms with van der Waals surface area (Å²) in [6.45, 7) is 4.81. The first-order valence-corrected chi connectivity index (χ1v) is 6.78. The molecule has 1 aliphatic heterocycles. The summed E-state index contributed by atoms with van der Waals surface area (Å²) >= 11 is 0. The number of likely N-dealkylation sites (tertiary alicyclic amines) is 1. The number of rotatable bonds is 3. The van der Waals surface area contributed by atoms with Crippen LogP contribution in [0.4, 0.5) is 0 Å². The summed E-state index contributed by atoms with van der Waals surface area (Å²) < 4.78 is 0. The fourth-order valence-corrected chi connectivity index (χ4v) is 2.62. The Morgan fingerprint density at radius 1 is 1.53 bits per heavy atom. The van der Waals surface area contributed by atoms with Crippen molar-refractivity contribution in [2.45, 2.75) is 51.2 Å². The number of amides is 1. The first kappa shape index (κ1) is 13.9. The molecule has 104 valence electrons. The first-order chi connectivity index (χ1) is 9.04. The Hall–Kier alpha value is -1.49. The average Bonchev–Trinajstić information content (AvgIpc) is 2.50. The fraction of sp³-hybridized carbons (Fsp3) is 0.643. The number of nitrogens with zero attached hydrogens (tertiary/aromatic N) is 3. The largest absolute Gasteiger partial charge is 0.330 e. The van der Waals surface area contributed by atoms with Crippen molar-refractivity contribution in [3.63, 3.8) is 0 Å². The van der Waals surface area contributed by atoms with Crippen molar-refractivity contribution in [3.8, 4) is 0 Å². The minimum Gasteiger partial charge on any atom is -0.330 e. The molecule has 0 aliphatic carbocycles. The quantitative estimate of drug-likeness (QED) is 0.893. The maximum Gasteiger partial charge on any atom is 0.240 e. The van der Waals surface area contributed by atoms with Crippen LogP contribution in [0.5, 0.6) is 0 Å². The van der Waals surface area contributed by atoms with Gasteiger partial charge in [0.05, 0.1) is 18.3 Å². The van der Waals surface area contributed by atoms with Crippen molar-refractivity contribution in [1.29, 1.82) is 0 Å². The summed E-state index contributed by atoms with van der Waals surface area (Å²) in [5, 5.41) is 3.12. The van der Waals surface area contributed by atoms with Crippen molar-refractivity contribution in [3.05, 3.63) is 24.3 Å². The lowest BCUT2D eigenvalue weighted by atomic mass is 9.96. The molecule has 0 bridgehead atoms. The van der Waals surface area contributed by atoms with Crippen LogP contribution >= 0.6 is 0 Å². The molecule has 1 saturated heterocycles. The summed E-state index contributed by atoms with van der Waals surface area (Å²) in [4.78, 5) is 22.7. The molecular formula is C14H22N4O. The van der Waals surface area contributed by atoms with Gasteiger partial charge in [-0.1, -0.05) is 0 Å². The van der Waals surface area contributed by atoms with Crippen LogP contribution in [0.25, 0.3) is 0 Å². The number of likely N-dealkylation sites (N-methyl/N-ethyl adjacent to an activating group) is 1. The summed E-state index contributed by atoms with van der Waals surface area (Å²) in [6.07, 6.45) is 6.22. The van der Waals surface area contributed by atoms with Gasteiger partial charge in [-0.25, -0.2) is 9.97 Å². The highest BCUT2D eigenvalue weighted by molar-refractivity contribution is 5.82. The predicted molar refractivity (Wildman–Crippen MR) is 73.4 cm³/mol. The van der Waals surface area contributed by atoms with Crippen LogP contribution < -0.4 is 5.32 Å². The molecule has 19 heavy (non-hydrogen) atoms. The number of hydrogen-bond donors (Lipinski definition) is 1. The lowest BCUT2D eigenvalue weighted by molar-refractivity contribution is -0.138. The van der Waals surface area contributed by atoms with Crippen LogP contribution in [0.2, 0.25) is 0 Å². The number of nitrogens with one attached hydrogen (secondary N) is 1. The number of aromatic nitrogens is 2. The van der Waals surface area contributed by atoms with Gasteiger partial charge in [0.15, 0.2) is 0 Å². The summed E-state index contributed by atoms with van der Waals surface area (Å²) in [5.74, 6) is 0.170. The van der Waals surface area contributed by atoms with Gasteiger partial charge in [0.1, 0.15) is 6.33 Å². The van der Waals surface area contributed by atoms with E-state index in [4.69, 9.17) is 0 Å². The second-order valence-electron chi connectivity index (χ2n) is 5.67. The van der Waals surface area contributed by atoms with Gasteiger partial charge in [-0.05, 0) is 46.2 Å². The van der Waals surface area contributed by atoms with Crippen LogP contribution in [0.3, 0.4) is 0 Å². The van der Waals surface area contributed by atoms with E-state index in [0.29, 0.717) is 6.54 Å². The van der Waals surface area contributed by atoms with Crippen LogP contribution in [-0.4, -0.2) is 39.4 Å². The Kier molecular flexibility index (Phi) is 4.14. The van der Waals surface area contributed by atoms with Gasteiger partial charge in [-0.15, -0.1) is 0 Å². The molecule has 1 aromatic rings. The van der Waals surface area contributed by atoms with Crippen molar-refractivity contribution >= 4 is 5.91 Å². The molecule has 1 aliphatic rings. The lowest BCUT2D eigenvalue weighted by Crippen LogP contribution is -2.51. The lowest BCUT2D eigenvalue weighted by Gasteiger charge is -2.38. The minimum absolute atomic E-state index is 0.0800. The SMILES string of the molecule is CNC1CCCC(C)(C)N(Cc2ccncn2)C1=O. The van der Waals surface area contributed by atoms with Crippen molar-refractivity contribution < 1.29 is 4.79 Å². The maximum atomic E-state index is 12.6. The average molecular weight is 262 g/mol. The van der Waals surface area contributed by atoms with E-state index < -0.39 is 0 Å². The van der Waals surface area contributed by atoms with Crippen molar-refractivity contribution in [2.75, 3.05) is 7.05 Å². The fourth-order valence-electron chi connectivity index (χ4n) is 2.62. The van der Waals surface area contributed by atoms with E-state index in [1.165, 1.54) is 6.33 Å². The normalized spacial score (nSPS) is 23.2. The van der Waals surface area contributed by atoms with E-state index in [2.05, 4.69) is 29.1 Å². The molecule has 0 aromatic carbocycles. The Balaban J connectivity index is 2.24. The molecule has 1 unspecified atom stereocenters. The van der Waals surface area contributed by atoms with Crippen molar-refractivity contribution in [1.82, 2.24) is 20.2 Å². The van der Waals surface area contributed by atoms with E-state index >= 15 is 0 Å². The summed E-state index contributed by atoms with van der Waals surface area (Å²) in [5.41, 5.74) is 0.751. The highest BCUT2D eigenvalue weighted by Gasteiger charge is 2.37. The topological polar surface area (TPSA) is 58.1 Å². The molecule has 0 spiro atoms. The van der Waals surface area contributed by atoms with E-state index in [-0.39, 0.29) is 17.5 Å². The highest BCUT2D eigenvalue weighted by Crippen LogP contribution is 2.28. The number of carbonyl (C=O) groups excluding carboxylic acids is 1. The van der Waals surface area contributed by atoms with Gasteiger partial charge in [-0.3, -0.25) is 4.79 Å². The Labute approximate surface area is 114 Å². The van der Waals surface area contributed by atoms with Gasteiger partial charge in [0, 0.05) is 11.7 Å². The molecule has 2 rings (SSSR count). The second-order valence-corrected chi connectivity index (χ2v) is 5.67. The molecule has 1 fully saturated rings. The predicted octanol–water partition coefficient (Wildman–Crippen LogP) is 1.36. The van der Waals surface area contributed by atoms with Crippen LogP contribution in [0.1, 0.15) is 38.8 Å². The van der Waals surface area contributed by atoms with Gasteiger partial charge in [0.2, 0.25) is 5.91 Å². The standard InChI is InChI=1S/C14H22N4O/c1-14(2)7-4-5-12(15-3)13(19)18(14)9-11-6-8-16-10-17-11/h6,8,10,12,15H,4-5,7,9H2,1-3H3. The third-order valence-corrected chi connectivity index (χ3v) is 3.89. The summed E-state index contributed by atoms with van der Waals surface area (Å²) in [7, 11) is 1.85. The number of carbonyl (C=O) groups is 1. The van der Waals surface area contributed by atoms with Crippen LogP contribution in [0, 0.1) is 0 Å². The molecule has 5 heteroatoms. The molecule has 1 amide bonds. The Bertz CT molecular complexity index is 432.